The maximum Gasteiger partial charge on any atom is 0.303 e. The SMILES string of the molecule is CCCCCC(O)c1ccc([C@@H]2[C@H](CC=CCCCC(=O)O)[C@H](C#N)C[C@H]2O)cc1. The Balaban J connectivity index is 2.02. The van der Waals surface area contributed by atoms with Crippen molar-refractivity contribution in [3.63, 3.8) is 0 Å². The van der Waals surface area contributed by atoms with Gasteiger partial charge in [0, 0.05) is 12.3 Å². The minimum Gasteiger partial charge on any atom is -0.481 e. The summed E-state index contributed by atoms with van der Waals surface area (Å²) >= 11 is 0. The van der Waals surface area contributed by atoms with Crippen LogP contribution in [0.2, 0.25) is 0 Å². The third-order valence-electron chi connectivity index (χ3n) is 6.18. The molecule has 1 aliphatic rings. The van der Waals surface area contributed by atoms with Crippen molar-refractivity contribution in [1.82, 2.24) is 0 Å². The van der Waals surface area contributed by atoms with Gasteiger partial charge in [-0.25, -0.2) is 0 Å². The highest BCUT2D eigenvalue weighted by Gasteiger charge is 2.42. The van der Waals surface area contributed by atoms with Gasteiger partial charge in [0.25, 0.3) is 0 Å². The third kappa shape index (κ3) is 6.97. The van der Waals surface area contributed by atoms with E-state index in [2.05, 4.69) is 13.0 Å². The molecular formula is C25H35NO4. The number of rotatable bonds is 12. The van der Waals surface area contributed by atoms with E-state index in [1.807, 2.05) is 36.4 Å². The quantitative estimate of drug-likeness (QED) is 0.327. The average Bonchev–Trinajstić information content (AvgIpc) is 3.05. The lowest BCUT2D eigenvalue weighted by molar-refractivity contribution is -0.137. The van der Waals surface area contributed by atoms with Gasteiger partial charge in [-0.1, -0.05) is 62.6 Å². The average molecular weight is 414 g/mol. The minimum atomic E-state index is -0.786. The van der Waals surface area contributed by atoms with E-state index >= 15 is 0 Å². The van der Waals surface area contributed by atoms with Crippen LogP contribution in [0, 0.1) is 23.2 Å². The second-order valence-corrected chi connectivity index (χ2v) is 8.40. The van der Waals surface area contributed by atoms with Gasteiger partial charge in [-0.3, -0.25) is 4.79 Å². The van der Waals surface area contributed by atoms with Gasteiger partial charge in [-0.2, -0.15) is 5.26 Å². The van der Waals surface area contributed by atoms with Crippen LogP contribution in [0.1, 0.15) is 87.9 Å². The number of nitriles is 1. The van der Waals surface area contributed by atoms with Gasteiger partial charge < -0.3 is 15.3 Å². The molecule has 5 nitrogen and oxygen atoms in total. The predicted octanol–water partition coefficient (Wildman–Crippen LogP) is 5.11. The molecular weight excluding hydrogens is 378 g/mol. The normalized spacial score (nSPS) is 24.7. The molecule has 1 fully saturated rings. The monoisotopic (exact) mass is 413 g/mol. The van der Waals surface area contributed by atoms with Gasteiger partial charge in [0.15, 0.2) is 0 Å². The first-order valence-corrected chi connectivity index (χ1v) is 11.2. The maximum absolute atomic E-state index is 10.6. The van der Waals surface area contributed by atoms with Crippen LogP contribution in [0.4, 0.5) is 0 Å². The van der Waals surface area contributed by atoms with Crippen LogP contribution in [0.15, 0.2) is 36.4 Å². The minimum absolute atomic E-state index is 0.0288. The predicted molar refractivity (Wildman–Crippen MR) is 117 cm³/mol. The van der Waals surface area contributed by atoms with Gasteiger partial charge in [0.05, 0.1) is 24.2 Å². The lowest BCUT2D eigenvalue weighted by Gasteiger charge is -2.23. The lowest BCUT2D eigenvalue weighted by Crippen LogP contribution is -2.18. The maximum atomic E-state index is 10.6. The fourth-order valence-electron chi connectivity index (χ4n) is 4.48. The highest BCUT2D eigenvalue weighted by molar-refractivity contribution is 5.66. The van der Waals surface area contributed by atoms with Gasteiger partial charge in [0.2, 0.25) is 0 Å². The summed E-state index contributed by atoms with van der Waals surface area (Å²) in [6.07, 6.45) is 9.61. The zero-order valence-electron chi connectivity index (χ0n) is 17.9. The van der Waals surface area contributed by atoms with Crippen LogP contribution in [0.25, 0.3) is 0 Å². The van der Waals surface area contributed by atoms with Gasteiger partial charge >= 0.3 is 5.97 Å². The van der Waals surface area contributed by atoms with E-state index in [9.17, 15) is 20.3 Å². The summed E-state index contributed by atoms with van der Waals surface area (Å²) in [6, 6.07) is 10.2. The van der Waals surface area contributed by atoms with Crippen molar-refractivity contribution in [3.8, 4) is 6.07 Å². The van der Waals surface area contributed by atoms with Gasteiger partial charge in [0.1, 0.15) is 0 Å². The van der Waals surface area contributed by atoms with Crippen LogP contribution in [-0.4, -0.2) is 27.4 Å². The molecule has 5 heteroatoms. The van der Waals surface area contributed by atoms with Crippen molar-refractivity contribution < 1.29 is 20.1 Å². The molecule has 0 amide bonds. The third-order valence-corrected chi connectivity index (χ3v) is 6.18. The summed E-state index contributed by atoms with van der Waals surface area (Å²) in [7, 11) is 0. The molecule has 1 saturated carbocycles. The Labute approximate surface area is 180 Å². The number of nitrogens with zero attached hydrogens (tertiary/aromatic N) is 1. The Morgan fingerprint density at radius 2 is 1.97 bits per heavy atom. The Morgan fingerprint density at radius 3 is 2.60 bits per heavy atom. The van der Waals surface area contributed by atoms with Crippen molar-refractivity contribution >= 4 is 5.97 Å². The second-order valence-electron chi connectivity index (χ2n) is 8.40. The number of carboxylic acid groups (broad SMARTS) is 1. The van der Waals surface area contributed by atoms with E-state index < -0.39 is 18.2 Å². The van der Waals surface area contributed by atoms with Crippen LogP contribution in [0.5, 0.6) is 0 Å². The van der Waals surface area contributed by atoms with E-state index in [4.69, 9.17) is 5.11 Å². The van der Waals surface area contributed by atoms with Crippen molar-refractivity contribution in [3.05, 3.63) is 47.5 Å². The van der Waals surface area contributed by atoms with Crippen molar-refractivity contribution in [1.29, 1.82) is 5.26 Å². The summed E-state index contributed by atoms with van der Waals surface area (Å²) in [5.74, 6) is -1.07. The van der Waals surface area contributed by atoms with Crippen LogP contribution < -0.4 is 0 Å². The molecule has 2 rings (SSSR count). The molecule has 1 aromatic rings. The molecule has 1 aromatic carbocycles. The zero-order valence-corrected chi connectivity index (χ0v) is 17.9. The van der Waals surface area contributed by atoms with Crippen molar-refractivity contribution in [2.24, 2.45) is 11.8 Å². The molecule has 5 atom stereocenters. The first-order valence-electron chi connectivity index (χ1n) is 11.2. The number of aliphatic carboxylic acids is 1. The zero-order chi connectivity index (χ0) is 21.9. The first kappa shape index (κ1) is 24.1. The van der Waals surface area contributed by atoms with E-state index in [-0.39, 0.29) is 24.2 Å². The largest absolute Gasteiger partial charge is 0.481 e. The summed E-state index contributed by atoms with van der Waals surface area (Å²) in [5.41, 5.74) is 1.91. The Morgan fingerprint density at radius 1 is 1.23 bits per heavy atom. The number of hydrogen-bond acceptors (Lipinski definition) is 4. The summed E-state index contributed by atoms with van der Waals surface area (Å²) < 4.78 is 0. The van der Waals surface area contributed by atoms with Crippen LogP contribution >= 0.6 is 0 Å². The number of carboxylic acids is 1. The molecule has 0 heterocycles. The fourth-order valence-corrected chi connectivity index (χ4v) is 4.48. The number of hydrogen-bond donors (Lipinski definition) is 3. The number of aliphatic hydroxyl groups is 2. The van der Waals surface area contributed by atoms with Crippen molar-refractivity contribution in [2.75, 3.05) is 0 Å². The molecule has 0 aliphatic heterocycles. The molecule has 164 valence electrons. The van der Waals surface area contributed by atoms with Gasteiger partial charge in [-0.05, 0) is 49.1 Å². The standard InChI is InChI=1S/C25H35NO4/c1-2-3-6-10-22(27)18-12-14-19(15-13-18)25-21(20(17-26)16-23(25)28)9-7-4-5-8-11-24(29)30/h4,7,12-15,20-23,25,27-28H,2-3,5-6,8-11,16H2,1H3,(H,29,30)/t20-,21+,22?,23+,25+/m0/s1. The topological polar surface area (TPSA) is 102 Å². The smallest absolute Gasteiger partial charge is 0.303 e. The van der Waals surface area contributed by atoms with E-state index in [1.54, 1.807) is 0 Å². The van der Waals surface area contributed by atoms with E-state index in [1.165, 1.54) is 0 Å². The molecule has 0 bridgehead atoms. The highest BCUT2D eigenvalue weighted by atomic mass is 16.4. The van der Waals surface area contributed by atoms with E-state index in [0.717, 1.165) is 36.8 Å². The van der Waals surface area contributed by atoms with Crippen molar-refractivity contribution in [2.45, 2.75) is 82.8 Å². The summed E-state index contributed by atoms with van der Waals surface area (Å²) in [6.45, 7) is 2.14. The molecule has 0 saturated heterocycles. The number of aliphatic hydroxyl groups excluding tert-OH is 2. The lowest BCUT2D eigenvalue weighted by atomic mass is 9.82. The molecule has 0 radical (unpaired) electrons. The summed E-state index contributed by atoms with van der Waals surface area (Å²) in [4.78, 5) is 10.6. The Bertz CT molecular complexity index is 722. The molecule has 0 spiro atoms. The molecule has 3 N–H and O–H groups in total. The fraction of sp³-hybridized carbons (Fsp3) is 0.600. The number of allylic oxidation sites excluding steroid dienone is 2. The van der Waals surface area contributed by atoms with Crippen LogP contribution in [-0.2, 0) is 4.79 Å². The highest BCUT2D eigenvalue weighted by Crippen LogP contribution is 2.45. The number of carbonyl (C=O) groups is 1. The van der Waals surface area contributed by atoms with Crippen LogP contribution in [0.3, 0.4) is 0 Å². The second kappa shape index (κ2) is 12.5. The van der Waals surface area contributed by atoms with E-state index in [0.29, 0.717) is 25.7 Å². The Hall–Kier alpha value is -2.16. The molecule has 1 unspecified atom stereocenters. The number of unbranched alkanes of at least 4 members (excludes halogenated alkanes) is 3. The number of benzene rings is 1. The Kier molecular flexibility index (Phi) is 10.1. The van der Waals surface area contributed by atoms with Gasteiger partial charge in [-0.15, -0.1) is 0 Å². The summed E-state index contributed by atoms with van der Waals surface area (Å²) in [5, 5.41) is 39.3. The molecule has 1 aliphatic carbocycles. The molecule has 0 aromatic heterocycles. The molecule has 30 heavy (non-hydrogen) atoms. The first-order chi connectivity index (χ1) is 14.5.